The molecule has 0 spiro atoms. The maximum Gasteiger partial charge on any atom is 0.212 e. The second kappa shape index (κ2) is 13.0. The molecule has 0 amide bonds. The van der Waals surface area contributed by atoms with Gasteiger partial charge < -0.3 is 0 Å². The molecule has 0 bridgehead atoms. The zero-order valence-corrected chi connectivity index (χ0v) is 26.5. The maximum absolute atomic E-state index is 2.31. The number of benzene rings is 4. The number of aromatic nitrogens is 2. The number of nitrogens with zero attached hydrogens (tertiary/aromatic N) is 2. The van der Waals surface area contributed by atoms with Gasteiger partial charge in [0.15, 0.2) is 12.4 Å². The first kappa shape index (κ1) is 29.7. The van der Waals surface area contributed by atoms with Crippen molar-refractivity contribution in [2.45, 2.75) is 34.6 Å². The second-order valence-corrected chi connectivity index (χ2v) is 11.6. The minimum Gasteiger partial charge on any atom is -0.201 e. The minimum absolute atomic E-state index is 1.24. The van der Waals surface area contributed by atoms with E-state index in [4.69, 9.17) is 0 Å². The molecule has 0 aliphatic rings. The Morgan fingerprint density at radius 1 is 0.372 bits per heavy atom. The summed E-state index contributed by atoms with van der Waals surface area (Å²) < 4.78 is 4.39. The number of hydrogen-bond donors (Lipinski definition) is 0. The molecule has 43 heavy (non-hydrogen) atoms. The van der Waals surface area contributed by atoms with Crippen molar-refractivity contribution in [2.24, 2.45) is 14.1 Å². The molecule has 0 unspecified atom stereocenters. The van der Waals surface area contributed by atoms with Crippen LogP contribution in [0.1, 0.15) is 27.8 Å². The smallest absolute Gasteiger partial charge is 0.201 e. The molecule has 2 aromatic heterocycles. The van der Waals surface area contributed by atoms with Crippen LogP contribution < -0.4 is 9.13 Å². The molecule has 4 aromatic carbocycles. The fourth-order valence-corrected chi connectivity index (χ4v) is 5.72. The largest absolute Gasteiger partial charge is 0.212 e. The molecular formula is C41H42N2+2. The van der Waals surface area contributed by atoms with E-state index in [0.29, 0.717) is 0 Å². The molecule has 0 radical (unpaired) electrons. The quantitative estimate of drug-likeness (QED) is 0.189. The van der Waals surface area contributed by atoms with Crippen LogP contribution in [0.2, 0.25) is 0 Å². The Balaban J connectivity index is 0.000000171. The molecule has 0 aliphatic heterocycles. The van der Waals surface area contributed by atoms with Crippen molar-refractivity contribution >= 4 is 0 Å². The van der Waals surface area contributed by atoms with Crippen LogP contribution in [0.4, 0.5) is 0 Å². The van der Waals surface area contributed by atoms with Crippen molar-refractivity contribution in [3.8, 4) is 44.8 Å². The summed E-state index contributed by atoms with van der Waals surface area (Å²) in [6, 6.07) is 41.1. The molecule has 2 nitrogen and oxygen atoms in total. The van der Waals surface area contributed by atoms with Gasteiger partial charge in [-0.05, 0) is 97.3 Å². The minimum atomic E-state index is 1.24. The standard InChI is InChI=1S/C21H22N.C20H20N/c1-15-10-11-19(18-8-6-5-7-9-18)13-20(15)21-12-16(2)17(3)14-22(21)4;1-15-13-16(2)19(20-11-7-8-12-21(20)3)14-18(15)17-9-5-4-6-10-17/h5-14H,1-4H3;4-14H,1-3H3/q2*+1. The topological polar surface area (TPSA) is 7.76 Å². The van der Waals surface area contributed by atoms with Gasteiger partial charge in [-0.25, -0.2) is 9.13 Å². The monoisotopic (exact) mass is 562 g/mol. The first-order valence-corrected chi connectivity index (χ1v) is 15.0. The predicted octanol–water partition coefficient (Wildman–Crippen LogP) is 9.23. The van der Waals surface area contributed by atoms with E-state index < -0.39 is 0 Å². The van der Waals surface area contributed by atoms with Crippen LogP contribution in [-0.4, -0.2) is 0 Å². The van der Waals surface area contributed by atoms with Gasteiger partial charge in [0.25, 0.3) is 0 Å². The van der Waals surface area contributed by atoms with Gasteiger partial charge in [-0.1, -0.05) is 78.9 Å². The van der Waals surface area contributed by atoms with Crippen LogP contribution in [0.15, 0.2) is 128 Å². The number of rotatable bonds is 4. The van der Waals surface area contributed by atoms with Crippen LogP contribution in [-0.2, 0) is 14.1 Å². The van der Waals surface area contributed by atoms with Crippen LogP contribution in [0.3, 0.4) is 0 Å². The summed E-state index contributed by atoms with van der Waals surface area (Å²) >= 11 is 0. The molecule has 0 saturated carbocycles. The van der Waals surface area contributed by atoms with E-state index in [2.05, 4.69) is 186 Å². The average molecular weight is 563 g/mol. The Bertz CT molecular complexity index is 1870. The predicted molar refractivity (Wildman–Crippen MR) is 181 cm³/mol. The second-order valence-electron chi connectivity index (χ2n) is 11.6. The fourth-order valence-electron chi connectivity index (χ4n) is 5.72. The highest BCUT2D eigenvalue weighted by Gasteiger charge is 2.16. The Morgan fingerprint density at radius 3 is 1.65 bits per heavy atom. The maximum atomic E-state index is 2.31. The third-order valence-electron chi connectivity index (χ3n) is 8.35. The van der Waals surface area contributed by atoms with Crippen LogP contribution >= 0.6 is 0 Å². The highest BCUT2D eigenvalue weighted by Crippen LogP contribution is 2.31. The fraction of sp³-hybridized carbons (Fsp3) is 0.171. The van der Waals surface area contributed by atoms with E-state index in [1.807, 2.05) is 0 Å². The van der Waals surface area contributed by atoms with Crippen molar-refractivity contribution in [2.75, 3.05) is 0 Å². The lowest BCUT2D eigenvalue weighted by Gasteiger charge is -2.11. The lowest BCUT2D eigenvalue weighted by atomic mass is 9.93. The average Bonchev–Trinajstić information content (AvgIpc) is 3.01. The summed E-state index contributed by atoms with van der Waals surface area (Å²) in [6.07, 6.45) is 4.30. The molecule has 0 saturated heterocycles. The normalized spacial score (nSPS) is 10.7. The van der Waals surface area contributed by atoms with Crippen molar-refractivity contribution in [1.82, 2.24) is 0 Å². The Labute approximate surface area is 257 Å². The molecule has 6 rings (SSSR count). The first-order valence-electron chi connectivity index (χ1n) is 15.0. The van der Waals surface area contributed by atoms with Crippen molar-refractivity contribution in [3.05, 3.63) is 155 Å². The molecule has 6 aromatic rings. The molecule has 2 heterocycles. The van der Waals surface area contributed by atoms with Gasteiger partial charge in [-0.15, -0.1) is 0 Å². The van der Waals surface area contributed by atoms with E-state index in [0.717, 1.165) is 0 Å². The summed E-state index contributed by atoms with van der Waals surface area (Å²) in [5.41, 5.74) is 16.8. The van der Waals surface area contributed by atoms with Gasteiger partial charge in [0.05, 0.1) is 0 Å². The van der Waals surface area contributed by atoms with Gasteiger partial charge in [0, 0.05) is 34.9 Å². The van der Waals surface area contributed by atoms with E-state index in [1.54, 1.807) is 0 Å². The Hall–Kier alpha value is -4.82. The Morgan fingerprint density at radius 2 is 0.977 bits per heavy atom. The number of hydrogen-bond acceptors (Lipinski definition) is 0. The zero-order valence-electron chi connectivity index (χ0n) is 26.5. The lowest BCUT2D eigenvalue weighted by Crippen LogP contribution is -2.31. The van der Waals surface area contributed by atoms with Crippen molar-refractivity contribution < 1.29 is 9.13 Å². The van der Waals surface area contributed by atoms with Crippen LogP contribution in [0, 0.1) is 34.6 Å². The summed E-state index contributed by atoms with van der Waals surface area (Å²) in [4.78, 5) is 0. The van der Waals surface area contributed by atoms with Gasteiger partial charge in [0.2, 0.25) is 11.4 Å². The van der Waals surface area contributed by atoms with E-state index >= 15 is 0 Å². The first-order chi connectivity index (χ1) is 20.7. The van der Waals surface area contributed by atoms with E-state index in [-0.39, 0.29) is 0 Å². The van der Waals surface area contributed by atoms with Gasteiger partial charge in [-0.3, -0.25) is 0 Å². The molecule has 0 atom stereocenters. The van der Waals surface area contributed by atoms with Crippen molar-refractivity contribution in [1.29, 1.82) is 0 Å². The van der Waals surface area contributed by atoms with Gasteiger partial charge >= 0.3 is 0 Å². The summed E-state index contributed by atoms with van der Waals surface area (Å²) in [7, 11) is 4.22. The highest BCUT2D eigenvalue weighted by atomic mass is 14.9. The van der Waals surface area contributed by atoms with Gasteiger partial charge in [0.1, 0.15) is 14.1 Å². The summed E-state index contributed by atoms with van der Waals surface area (Å²) in [5, 5.41) is 0. The Kier molecular flexibility index (Phi) is 8.97. The third-order valence-corrected chi connectivity index (χ3v) is 8.35. The molecule has 0 N–H and O–H groups in total. The summed E-state index contributed by atoms with van der Waals surface area (Å²) in [5.74, 6) is 0. The summed E-state index contributed by atoms with van der Waals surface area (Å²) in [6.45, 7) is 10.9. The van der Waals surface area contributed by atoms with Crippen LogP contribution in [0.5, 0.6) is 0 Å². The lowest BCUT2D eigenvalue weighted by molar-refractivity contribution is -0.660. The van der Waals surface area contributed by atoms with E-state index in [9.17, 15) is 0 Å². The SMILES string of the molecule is Cc1cc(-c2cc(-c3ccccc3)ccc2C)[n+](C)cc1C.Cc1cc(C)c(-c2cccc[n+]2C)cc1-c1ccccc1. The van der Waals surface area contributed by atoms with Crippen LogP contribution in [0.25, 0.3) is 44.8 Å². The van der Waals surface area contributed by atoms with Gasteiger partial charge in [-0.2, -0.15) is 0 Å². The third kappa shape index (κ3) is 6.65. The van der Waals surface area contributed by atoms with E-state index in [1.165, 1.54) is 72.6 Å². The van der Waals surface area contributed by atoms with Crippen molar-refractivity contribution in [3.63, 3.8) is 0 Å². The highest BCUT2D eigenvalue weighted by molar-refractivity contribution is 5.76. The zero-order chi connectivity index (χ0) is 30.5. The molecule has 0 aliphatic carbocycles. The molecular weight excluding hydrogens is 520 g/mol. The number of aryl methyl sites for hydroxylation is 7. The molecule has 0 fully saturated rings. The number of pyridine rings is 2. The molecule has 214 valence electrons. The molecule has 2 heteroatoms.